The zero-order valence-corrected chi connectivity index (χ0v) is 11.4. The van der Waals surface area contributed by atoms with Gasteiger partial charge in [0.2, 0.25) is 6.41 Å². The fourth-order valence-corrected chi connectivity index (χ4v) is 2.07. The van der Waals surface area contributed by atoms with E-state index in [1.54, 1.807) is 6.92 Å². The Morgan fingerprint density at radius 1 is 1.24 bits per heavy atom. The average molecular weight is 294 g/mol. The van der Waals surface area contributed by atoms with Crippen LogP contribution in [0.15, 0.2) is 18.2 Å². The number of carbonyl (C=O) groups excluding carboxylic acids is 4. The van der Waals surface area contributed by atoms with Gasteiger partial charge in [-0.1, -0.05) is 0 Å². The minimum absolute atomic E-state index is 0.0953. The molecule has 1 aliphatic heterocycles. The van der Waals surface area contributed by atoms with Crippen LogP contribution >= 0.6 is 0 Å². The summed E-state index contributed by atoms with van der Waals surface area (Å²) in [6.45, 7) is 1.70. The first-order valence-corrected chi connectivity index (χ1v) is 6.24. The van der Waals surface area contributed by atoms with Crippen molar-refractivity contribution in [3.8, 4) is 0 Å². The van der Waals surface area contributed by atoms with Crippen LogP contribution in [0.4, 0.5) is 4.39 Å². The van der Waals surface area contributed by atoms with Crippen LogP contribution in [0.3, 0.4) is 0 Å². The summed E-state index contributed by atoms with van der Waals surface area (Å²) in [5.41, 5.74) is 4.48. The molecule has 7 heteroatoms. The zero-order chi connectivity index (χ0) is 16.0. The predicted molar refractivity (Wildman–Crippen MR) is 71.9 cm³/mol. The molecule has 0 saturated heterocycles. The second-order valence-corrected chi connectivity index (χ2v) is 4.40. The second-order valence-electron chi connectivity index (χ2n) is 4.40. The number of rotatable bonds is 4. The van der Waals surface area contributed by atoms with E-state index in [-0.39, 0.29) is 30.0 Å². The van der Waals surface area contributed by atoms with Gasteiger partial charge in [-0.2, -0.15) is 0 Å². The number of hydrogen-bond acceptors (Lipinski definition) is 4. The SMILES string of the molecule is CC(CCC=O)N1C(=O)c2ccc(F)cc2C1=O.NC=O. The Labute approximate surface area is 120 Å². The number of carbonyl (C=O) groups is 4. The van der Waals surface area contributed by atoms with Crippen molar-refractivity contribution in [1.29, 1.82) is 0 Å². The van der Waals surface area contributed by atoms with E-state index in [1.807, 2.05) is 0 Å². The standard InChI is InChI=1S/C13H12FNO3.CH3NO/c1-8(3-2-6-16)15-12(17)10-5-4-9(14)7-11(10)13(15)18;2-1-3/h4-8H,2-3H2,1H3;1H,(H2,2,3). The fraction of sp³-hybridized carbons (Fsp3) is 0.286. The highest BCUT2D eigenvalue weighted by Crippen LogP contribution is 2.26. The molecule has 2 N–H and O–H groups in total. The molecule has 0 bridgehead atoms. The molecule has 0 aliphatic carbocycles. The summed E-state index contributed by atoms with van der Waals surface area (Å²) in [7, 11) is 0. The van der Waals surface area contributed by atoms with E-state index in [1.165, 1.54) is 6.07 Å². The van der Waals surface area contributed by atoms with Crippen LogP contribution in [-0.4, -0.2) is 35.5 Å². The topological polar surface area (TPSA) is 97.5 Å². The van der Waals surface area contributed by atoms with Crippen LogP contribution in [0.1, 0.15) is 40.5 Å². The lowest BCUT2D eigenvalue weighted by molar-refractivity contribution is -0.108. The molecule has 0 spiro atoms. The van der Waals surface area contributed by atoms with Crippen LogP contribution in [0.5, 0.6) is 0 Å². The summed E-state index contributed by atoms with van der Waals surface area (Å²) in [6, 6.07) is 3.17. The van der Waals surface area contributed by atoms with Crippen molar-refractivity contribution in [2.75, 3.05) is 0 Å². The van der Waals surface area contributed by atoms with Gasteiger partial charge in [0.1, 0.15) is 12.1 Å². The van der Waals surface area contributed by atoms with Gasteiger partial charge in [-0.05, 0) is 31.5 Å². The Hall–Kier alpha value is -2.57. The maximum absolute atomic E-state index is 13.1. The van der Waals surface area contributed by atoms with Crippen molar-refractivity contribution in [1.82, 2.24) is 4.90 Å². The third-order valence-corrected chi connectivity index (χ3v) is 3.02. The third kappa shape index (κ3) is 3.50. The maximum Gasteiger partial charge on any atom is 0.261 e. The minimum atomic E-state index is -0.544. The molecule has 3 amide bonds. The molecule has 112 valence electrons. The van der Waals surface area contributed by atoms with Crippen LogP contribution < -0.4 is 5.73 Å². The normalized spacial score (nSPS) is 14.1. The first kappa shape index (κ1) is 16.5. The lowest BCUT2D eigenvalue weighted by Crippen LogP contribution is -2.37. The Morgan fingerprint density at radius 3 is 2.38 bits per heavy atom. The van der Waals surface area contributed by atoms with Gasteiger partial charge in [-0.25, -0.2) is 4.39 Å². The number of imide groups is 1. The fourth-order valence-electron chi connectivity index (χ4n) is 2.07. The molecular formula is C14H15FN2O4. The van der Waals surface area contributed by atoms with Crippen LogP contribution in [-0.2, 0) is 9.59 Å². The molecule has 1 atom stereocenters. The molecule has 2 rings (SSSR count). The molecule has 1 heterocycles. The number of nitrogens with zero attached hydrogens (tertiary/aromatic N) is 1. The molecule has 21 heavy (non-hydrogen) atoms. The average Bonchev–Trinajstić information content (AvgIpc) is 2.69. The second kappa shape index (κ2) is 7.28. The van der Waals surface area contributed by atoms with E-state index in [9.17, 15) is 18.8 Å². The summed E-state index contributed by atoms with van der Waals surface area (Å²) < 4.78 is 13.1. The van der Waals surface area contributed by atoms with Crippen molar-refractivity contribution in [2.45, 2.75) is 25.8 Å². The van der Waals surface area contributed by atoms with Crippen LogP contribution in [0.25, 0.3) is 0 Å². The molecule has 1 aromatic rings. The highest BCUT2D eigenvalue weighted by molar-refractivity contribution is 6.21. The van der Waals surface area contributed by atoms with Gasteiger partial charge in [0, 0.05) is 12.5 Å². The minimum Gasteiger partial charge on any atom is -0.372 e. The molecule has 1 unspecified atom stereocenters. The monoisotopic (exact) mass is 294 g/mol. The number of nitrogens with two attached hydrogens (primary N) is 1. The van der Waals surface area contributed by atoms with E-state index >= 15 is 0 Å². The van der Waals surface area contributed by atoms with Gasteiger partial charge in [0.25, 0.3) is 11.8 Å². The lowest BCUT2D eigenvalue weighted by Gasteiger charge is -2.21. The first-order chi connectivity index (χ1) is 9.97. The molecular weight excluding hydrogens is 279 g/mol. The Kier molecular flexibility index (Phi) is 5.71. The predicted octanol–water partition coefficient (Wildman–Crippen LogP) is 0.891. The number of fused-ring (bicyclic) bond motifs is 1. The Balaban J connectivity index is 0.000000677. The number of amides is 3. The third-order valence-electron chi connectivity index (χ3n) is 3.02. The number of halogens is 1. The quantitative estimate of drug-likeness (QED) is 0.658. The van der Waals surface area contributed by atoms with Gasteiger partial charge >= 0.3 is 0 Å². The van der Waals surface area contributed by atoms with E-state index < -0.39 is 17.6 Å². The van der Waals surface area contributed by atoms with Crippen molar-refractivity contribution in [2.24, 2.45) is 5.73 Å². The molecule has 0 radical (unpaired) electrons. The van der Waals surface area contributed by atoms with Gasteiger partial charge in [-0.15, -0.1) is 0 Å². The molecule has 0 fully saturated rings. The molecule has 1 aliphatic rings. The number of hydrogen-bond donors (Lipinski definition) is 1. The highest BCUT2D eigenvalue weighted by Gasteiger charge is 2.38. The molecule has 0 aromatic heterocycles. The van der Waals surface area contributed by atoms with Crippen molar-refractivity contribution < 1.29 is 23.6 Å². The van der Waals surface area contributed by atoms with Gasteiger partial charge in [-0.3, -0.25) is 19.3 Å². The highest BCUT2D eigenvalue weighted by atomic mass is 19.1. The van der Waals surface area contributed by atoms with E-state index in [0.717, 1.165) is 23.3 Å². The largest absolute Gasteiger partial charge is 0.372 e. The zero-order valence-electron chi connectivity index (χ0n) is 11.4. The van der Waals surface area contributed by atoms with Gasteiger partial charge in [0.05, 0.1) is 11.1 Å². The number of benzene rings is 1. The lowest BCUT2D eigenvalue weighted by atomic mass is 10.1. The summed E-state index contributed by atoms with van der Waals surface area (Å²) in [4.78, 5) is 44.0. The summed E-state index contributed by atoms with van der Waals surface area (Å²) in [5.74, 6) is -1.46. The van der Waals surface area contributed by atoms with Gasteiger partial charge < -0.3 is 10.5 Å². The summed E-state index contributed by atoms with van der Waals surface area (Å²) >= 11 is 0. The smallest absolute Gasteiger partial charge is 0.261 e. The van der Waals surface area contributed by atoms with Crippen LogP contribution in [0, 0.1) is 5.82 Å². The van der Waals surface area contributed by atoms with E-state index in [2.05, 4.69) is 5.73 Å². The van der Waals surface area contributed by atoms with Crippen molar-refractivity contribution in [3.05, 3.63) is 35.1 Å². The molecule has 0 saturated carbocycles. The Morgan fingerprint density at radius 2 is 1.81 bits per heavy atom. The maximum atomic E-state index is 13.1. The van der Waals surface area contributed by atoms with Crippen molar-refractivity contribution in [3.63, 3.8) is 0 Å². The number of aldehydes is 1. The summed E-state index contributed by atoms with van der Waals surface area (Å²) in [6.07, 6.45) is 1.69. The Bertz CT molecular complexity index is 574. The first-order valence-electron chi connectivity index (χ1n) is 6.24. The molecule has 1 aromatic carbocycles. The molecule has 6 nitrogen and oxygen atoms in total. The van der Waals surface area contributed by atoms with Crippen LogP contribution in [0.2, 0.25) is 0 Å². The number of primary amides is 1. The summed E-state index contributed by atoms with van der Waals surface area (Å²) in [5, 5.41) is 0. The van der Waals surface area contributed by atoms with E-state index in [4.69, 9.17) is 4.79 Å². The van der Waals surface area contributed by atoms with Gasteiger partial charge in [0.15, 0.2) is 0 Å². The van der Waals surface area contributed by atoms with Crippen molar-refractivity contribution >= 4 is 24.5 Å². The van der Waals surface area contributed by atoms with E-state index in [0.29, 0.717) is 6.42 Å².